The first-order valence-electron chi connectivity index (χ1n) is 7.12. The first kappa shape index (κ1) is 16.0. The van der Waals surface area contributed by atoms with E-state index in [1.807, 2.05) is 28.8 Å². The monoisotopic (exact) mass is 304 g/mol. The number of carboxylic acids is 1. The Kier molecular flexibility index (Phi) is 5.16. The molecule has 0 saturated carbocycles. The predicted octanol–water partition coefficient (Wildman–Crippen LogP) is 1.74. The van der Waals surface area contributed by atoms with Gasteiger partial charge in [0.15, 0.2) is 0 Å². The van der Waals surface area contributed by atoms with E-state index in [0.29, 0.717) is 18.7 Å². The van der Waals surface area contributed by atoms with Crippen LogP contribution in [0.4, 0.5) is 0 Å². The van der Waals surface area contributed by atoms with E-state index < -0.39 is 11.9 Å². The van der Waals surface area contributed by atoms with Crippen LogP contribution >= 0.6 is 0 Å². The minimum absolute atomic E-state index is 0.103. The molecule has 0 radical (unpaired) electrons. The minimum atomic E-state index is -0.928. The number of rotatable bonds is 7. The molecule has 118 valence electrons. The zero-order valence-electron chi connectivity index (χ0n) is 12.7. The normalized spacial score (nSPS) is 12.3. The van der Waals surface area contributed by atoms with Crippen LogP contribution in [0, 0.1) is 5.92 Å². The van der Waals surface area contributed by atoms with Gasteiger partial charge in [0.25, 0.3) is 5.91 Å². The van der Waals surface area contributed by atoms with Gasteiger partial charge in [0.05, 0.1) is 18.1 Å². The molecular weight excluding hydrogens is 284 g/mol. The molecule has 0 saturated heterocycles. The van der Waals surface area contributed by atoms with Gasteiger partial charge in [0.1, 0.15) is 0 Å². The molecule has 0 fully saturated rings. The molecule has 0 bridgehead atoms. The van der Waals surface area contributed by atoms with E-state index in [1.165, 1.54) is 0 Å². The number of aromatic nitrogens is 1. The maximum atomic E-state index is 12.3. The Bertz CT molecular complexity index is 678. The van der Waals surface area contributed by atoms with Gasteiger partial charge in [-0.3, -0.25) is 9.59 Å². The molecule has 0 aliphatic rings. The van der Waals surface area contributed by atoms with Gasteiger partial charge < -0.3 is 19.7 Å². The SMILES string of the molecule is COCCn1cc(C(=O)NCC(C)C(=O)O)c2ccccc21. The molecule has 1 unspecified atom stereocenters. The van der Waals surface area contributed by atoms with Gasteiger partial charge >= 0.3 is 5.97 Å². The maximum absolute atomic E-state index is 12.3. The van der Waals surface area contributed by atoms with Crippen LogP contribution in [-0.2, 0) is 16.1 Å². The molecule has 0 aliphatic heterocycles. The minimum Gasteiger partial charge on any atom is -0.481 e. The lowest BCUT2D eigenvalue weighted by Gasteiger charge is -2.07. The lowest BCUT2D eigenvalue weighted by Crippen LogP contribution is -2.31. The number of carbonyl (C=O) groups is 2. The van der Waals surface area contributed by atoms with Crippen molar-refractivity contribution >= 4 is 22.8 Å². The third kappa shape index (κ3) is 3.46. The number of amides is 1. The van der Waals surface area contributed by atoms with Crippen LogP contribution in [0.1, 0.15) is 17.3 Å². The molecule has 0 aliphatic carbocycles. The molecule has 6 heteroatoms. The Morgan fingerprint density at radius 2 is 2.09 bits per heavy atom. The van der Waals surface area contributed by atoms with Crippen molar-refractivity contribution in [2.45, 2.75) is 13.5 Å². The summed E-state index contributed by atoms with van der Waals surface area (Å²) in [7, 11) is 1.63. The number of fused-ring (bicyclic) bond motifs is 1. The van der Waals surface area contributed by atoms with Crippen LogP contribution in [0.15, 0.2) is 30.5 Å². The molecule has 1 heterocycles. The summed E-state index contributed by atoms with van der Waals surface area (Å²) in [5, 5.41) is 12.4. The summed E-state index contributed by atoms with van der Waals surface area (Å²) in [6, 6.07) is 7.62. The first-order chi connectivity index (χ1) is 10.5. The zero-order valence-corrected chi connectivity index (χ0v) is 12.7. The summed E-state index contributed by atoms with van der Waals surface area (Å²) in [5.41, 5.74) is 1.50. The number of ether oxygens (including phenoxy) is 1. The highest BCUT2D eigenvalue weighted by Crippen LogP contribution is 2.21. The van der Waals surface area contributed by atoms with Crippen molar-refractivity contribution in [3.05, 3.63) is 36.0 Å². The lowest BCUT2D eigenvalue weighted by molar-refractivity contribution is -0.140. The maximum Gasteiger partial charge on any atom is 0.308 e. The van der Waals surface area contributed by atoms with Crippen LogP contribution in [0.2, 0.25) is 0 Å². The lowest BCUT2D eigenvalue weighted by atomic mass is 10.1. The summed E-state index contributed by atoms with van der Waals surface area (Å²) in [6.07, 6.45) is 1.78. The number of carboxylic acid groups (broad SMARTS) is 1. The van der Waals surface area contributed by atoms with E-state index in [9.17, 15) is 9.59 Å². The van der Waals surface area contributed by atoms with E-state index in [1.54, 1.807) is 20.2 Å². The topological polar surface area (TPSA) is 80.6 Å². The van der Waals surface area contributed by atoms with Gasteiger partial charge in [0, 0.05) is 37.3 Å². The number of hydrogen-bond acceptors (Lipinski definition) is 3. The third-order valence-electron chi connectivity index (χ3n) is 3.56. The predicted molar refractivity (Wildman–Crippen MR) is 82.9 cm³/mol. The van der Waals surface area contributed by atoms with E-state index in [-0.39, 0.29) is 12.5 Å². The molecule has 2 rings (SSSR count). The fourth-order valence-corrected chi connectivity index (χ4v) is 2.23. The van der Waals surface area contributed by atoms with Gasteiger partial charge in [-0.05, 0) is 6.07 Å². The quantitative estimate of drug-likeness (QED) is 0.816. The zero-order chi connectivity index (χ0) is 16.1. The fourth-order valence-electron chi connectivity index (χ4n) is 2.23. The summed E-state index contributed by atoms with van der Waals surface area (Å²) < 4.78 is 7.05. The second-order valence-corrected chi connectivity index (χ2v) is 5.20. The third-order valence-corrected chi connectivity index (χ3v) is 3.56. The first-order valence-corrected chi connectivity index (χ1v) is 7.12. The Morgan fingerprint density at radius 3 is 2.77 bits per heavy atom. The Labute approximate surface area is 128 Å². The van der Waals surface area contributed by atoms with E-state index in [4.69, 9.17) is 9.84 Å². The summed E-state index contributed by atoms with van der Waals surface area (Å²) in [5.74, 6) is -1.81. The van der Waals surface area contributed by atoms with E-state index >= 15 is 0 Å². The van der Waals surface area contributed by atoms with Crippen molar-refractivity contribution in [1.82, 2.24) is 9.88 Å². The number of aliphatic carboxylic acids is 1. The van der Waals surface area contributed by atoms with Crippen molar-refractivity contribution < 1.29 is 19.4 Å². The highest BCUT2D eigenvalue weighted by molar-refractivity contribution is 6.07. The van der Waals surface area contributed by atoms with Crippen molar-refractivity contribution in [2.75, 3.05) is 20.3 Å². The summed E-state index contributed by atoms with van der Waals surface area (Å²) >= 11 is 0. The largest absolute Gasteiger partial charge is 0.481 e. The van der Waals surface area contributed by atoms with Crippen LogP contribution in [-0.4, -0.2) is 41.8 Å². The number of nitrogens with zero attached hydrogens (tertiary/aromatic N) is 1. The number of benzene rings is 1. The van der Waals surface area contributed by atoms with Crippen LogP contribution in [0.3, 0.4) is 0 Å². The van der Waals surface area contributed by atoms with Gasteiger partial charge in [0.2, 0.25) is 0 Å². The molecule has 0 spiro atoms. The van der Waals surface area contributed by atoms with Crippen LogP contribution < -0.4 is 5.32 Å². The second kappa shape index (κ2) is 7.09. The van der Waals surface area contributed by atoms with Crippen molar-refractivity contribution in [3.8, 4) is 0 Å². The fraction of sp³-hybridized carbons (Fsp3) is 0.375. The second-order valence-electron chi connectivity index (χ2n) is 5.20. The van der Waals surface area contributed by atoms with Gasteiger partial charge in [-0.15, -0.1) is 0 Å². The number of carbonyl (C=O) groups excluding carboxylic acids is 1. The molecule has 1 amide bonds. The number of methoxy groups -OCH3 is 1. The van der Waals surface area contributed by atoms with E-state index in [0.717, 1.165) is 10.9 Å². The highest BCUT2D eigenvalue weighted by atomic mass is 16.5. The molecule has 1 atom stereocenters. The van der Waals surface area contributed by atoms with Crippen LogP contribution in [0.25, 0.3) is 10.9 Å². The average Bonchev–Trinajstić information content (AvgIpc) is 2.89. The average molecular weight is 304 g/mol. The molecule has 22 heavy (non-hydrogen) atoms. The van der Waals surface area contributed by atoms with E-state index in [2.05, 4.69) is 5.32 Å². The highest BCUT2D eigenvalue weighted by Gasteiger charge is 2.17. The van der Waals surface area contributed by atoms with Gasteiger partial charge in [-0.1, -0.05) is 25.1 Å². The molecular formula is C16H20N2O4. The van der Waals surface area contributed by atoms with Gasteiger partial charge in [-0.2, -0.15) is 0 Å². The summed E-state index contributed by atoms with van der Waals surface area (Å²) in [4.78, 5) is 23.1. The Morgan fingerprint density at radius 1 is 1.36 bits per heavy atom. The smallest absolute Gasteiger partial charge is 0.308 e. The summed E-state index contributed by atoms with van der Waals surface area (Å²) in [6.45, 7) is 2.86. The molecule has 1 aromatic carbocycles. The number of nitrogens with one attached hydrogen (secondary N) is 1. The number of hydrogen-bond donors (Lipinski definition) is 2. The Hall–Kier alpha value is -2.34. The van der Waals surface area contributed by atoms with Gasteiger partial charge in [-0.25, -0.2) is 0 Å². The Balaban J connectivity index is 2.23. The van der Waals surface area contributed by atoms with Crippen molar-refractivity contribution in [2.24, 2.45) is 5.92 Å². The molecule has 1 aromatic heterocycles. The molecule has 6 nitrogen and oxygen atoms in total. The van der Waals surface area contributed by atoms with Crippen molar-refractivity contribution in [1.29, 1.82) is 0 Å². The van der Waals surface area contributed by atoms with Crippen molar-refractivity contribution in [3.63, 3.8) is 0 Å². The number of para-hydroxylation sites is 1. The molecule has 2 aromatic rings. The standard InChI is InChI=1S/C16H20N2O4/c1-11(16(20)21)9-17-15(19)13-10-18(7-8-22-2)14-6-4-3-5-12(13)14/h3-6,10-11H,7-9H2,1-2H3,(H,17,19)(H,20,21). The van der Waals surface area contributed by atoms with Crippen LogP contribution in [0.5, 0.6) is 0 Å². The molecule has 2 N–H and O–H groups in total.